The third kappa shape index (κ3) is 5.54. The van der Waals surface area contributed by atoms with Crippen LogP contribution in [0.15, 0.2) is 42.6 Å². The first-order valence-electron chi connectivity index (χ1n) is 11.3. The second-order valence-electron chi connectivity index (χ2n) is 8.15. The lowest BCUT2D eigenvalue weighted by molar-refractivity contribution is -0.141. The first kappa shape index (κ1) is 24.8. The second-order valence-corrected chi connectivity index (χ2v) is 8.15. The summed E-state index contributed by atoms with van der Waals surface area (Å²) in [5, 5.41) is 15.2. The molecule has 3 aromatic rings. The van der Waals surface area contributed by atoms with Crippen LogP contribution in [0, 0.1) is 12.8 Å². The number of aryl methyl sites for hydroxylation is 1. The van der Waals surface area contributed by atoms with E-state index in [0.29, 0.717) is 29.1 Å². The van der Waals surface area contributed by atoms with E-state index in [0.717, 1.165) is 11.1 Å². The van der Waals surface area contributed by atoms with Crippen LogP contribution in [0.1, 0.15) is 43.1 Å². The monoisotopic (exact) mass is 466 g/mol. The van der Waals surface area contributed by atoms with Gasteiger partial charge in [-0.1, -0.05) is 50.1 Å². The van der Waals surface area contributed by atoms with Gasteiger partial charge in [0.25, 0.3) is 5.91 Å². The number of hydrogen-bond donors (Lipinski definition) is 3. The second kappa shape index (κ2) is 10.8. The van der Waals surface area contributed by atoms with Crippen molar-refractivity contribution in [3.63, 3.8) is 0 Å². The first-order valence-corrected chi connectivity index (χ1v) is 11.3. The van der Waals surface area contributed by atoms with Gasteiger partial charge in [0.2, 0.25) is 0 Å². The lowest BCUT2D eigenvalue weighted by atomic mass is 9.99. The van der Waals surface area contributed by atoms with Gasteiger partial charge in [0.15, 0.2) is 0 Å². The van der Waals surface area contributed by atoms with Crippen molar-refractivity contribution in [1.29, 1.82) is 0 Å². The van der Waals surface area contributed by atoms with Gasteiger partial charge in [-0.2, -0.15) is 0 Å². The Hall–Kier alpha value is -3.88. The number of carboxylic acids is 1. The summed E-state index contributed by atoms with van der Waals surface area (Å²) < 4.78 is 6.76. The van der Waals surface area contributed by atoms with Gasteiger partial charge in [-0.15, -0.1) is 0 Å². The molecule has 0 bridgehead atoms. The van der Waals surface area contributed by atoms with Gasteiger partial charge in [-0.05, 0) is 31.9 Å². The fraction of sp³-hybridized carbons (Fsp3) is 0.360. The highest BCUT2D eigenvalue weighted by Crippen LogP contribution is 2.29. The molecule has 9 nitrogen and oxygen atoms in total. The summed E-state index contributed by atoms with van der Waals surface area (Å²) in [5.41, 5.74) is 3.32. The molecule has 34 heavy (non-hydrogen) atoms. The number of esters is 1. The normalized spacial score (nSPS) is 12.7. The Morgan fingerprint density at radius 2 is 1.85 bits per heavy atom. The van der Waals surface area contributed by atoms with E-state index >= 15 is 0 Å². The van der Waals surface area contributed by atoms with Crippen molar-refractivity contribution >= 4 is 29.3 Å². The Labute approximate surface area is 198 Å². The molecule has 0 aliphatic heterocycles. The van der Waals surface area contributed by atoms with Crippen LogP contribution in [0.3, 0.4) is 0 Å². The van der Waals surface area contributed by atoms with Gasteiger partial charge >= 0.3 is 11.9 Å². The molecule has 1 amide bonds. The van der Waals surface area contributed by atoms with Crippen molar-refractivity contribution in [3.05, 3.63) is 53.7 Å². The lowest BCUT2D eigenvalue weighted by Crippen LogP contribution is -2.45. The summed E-state index contributed by atoms with van der Waals surface area (Å²) >= 11 is 0. The number of ether oxygens (including phenoxy) is 1. The number of aromatic nitrogens is 2. The summed E-state index contributed by atoms with van der Waals surface area (Å²) in [4.78, 5) is 41.1. The maximum absolute atomic E-state index is 12.8. The highest BCUT2D eigenvalue weighted by Gasteiger charge is 2.26. The molecule has 2 aromatic heterocycles. The minimum atomic E-state index is -1.07. The maximum Gasteiger partial charge on any atom is 0.326 e. The van der Waals surface area contributed by atoms with Gasteiger partial charge in [0.05, 0.1) is 6.61 Å². The molecule has 180 valence electrons. The number of anilines is 1. The number of fused-ring (bicyclic) bond motifs is 1. The molecule has 0 spiro atoms. The third-order valence-electron chi connectivity index (χ3n) is 5.68. The Balaban J connectivity index is 1.98. The van der Waals surface area contributed by atoms with Gasteiger partial charge in [-0.3, -0.25) is 14.0 Å². The van der Waals surface area contributed by atoms with Crippen molar-refractivity contribution in [2.75, 3.05) is 18.5 Å². The first-order chi connectivity index (χ1) is 16.2. The molecule has 0 radical (unpaired) electrons. The van der Waals surface area contributed by atoms with Crippen molar-refractivity contribution in [1.82, 2.24) is 14.7 Å². The standard InChI is InChI=1S/C25H30N4O5/c1-5-16(4)21(25(32)33)28-24(31)18-11-12-29-19(13-18)27-22(17-9-7-15(3)8-10-17)23(29)26-14-20(30)34-6-2/h7-13,16,21,26H,5-6,14H2,1-4H3,(H,28,31)(H,32,33). The maximum atomic E-state index is 12.8. The van der Waals surface area contributed by atoms with E-state index in [2.05, 4.69) is 10.6 Å². The van der Waals surface area contributed by atoms with Gasteiger partial charge in [0, 0.05) is 17.3 Å². The minimum Gasteiger partial charge on any atom is -0.480 e. The van der Waals surface area contributed by atoms with Crippen LogP contribution in [0.5, 0.6) is 0 Å². The number of aliphatic carboxylic acids is 1. The number of carbonyl (C=O) groups excluding carboxylic acids is 2. The van der Waals surface area contributed by atoms with Crippen molar-refractivity contribution in [2.24, 2.45) is 5.92 Å². The third-order valence-corrected chi connectivity index (χ3v) is 5.68. The molecule has 9 heteroatoms. The molecular weight excluding hydrogens is 436 g/mol. The van der Waals surface area contributed by atoms with Crippen molar-refractivity contribution in [3.8, 4) is 11.3 Å². The van der Waals surface area contributed by atoms with E-state index in [1.54, 1.807) is 36.6 Å². The number of amides is 1. The van der Waals surface area contributed by atoms with Gasteiger partial charge in [0.1, 0.15) is 29.7 Å². The molecule has 1 aromatic carbocycles. The van der Waals surface area contributed by atoms with Crippen LogP contribution in [-0.2, 0) is 14.3 Å². The minimum absolute atomic E-state index is 0.0437. The molecule has 2 atom stereocenters. The molecule has 3 rings (SSSR count). The summed E-state index contributed by atoms with van der Waals surface area (Å²) in [6.45, 7) is 7.63. The van der Waals surface area contributed by atoms with Crippen LogP contribution < -0.4 is 10.6 Å². The van der Waals surface area contributed by atoms with Crippen LogP contribution in [0.2, 0.25) is 0 Å². The van der Waals surface area contributed by atoms with E-state index in [4.69, 9.17) is 9.72 Å². The highest BCUT2D eigenvalue weighted by molar-refractivity contribution is 5.97. The largest absolute Gasteiger partial charge is 0.480 e. The van der Waals surface area contributed by atoms with Crippen LogP contribution in [0.4, 0.5) is 5.82 Å². The molecule has 2 heterocycles. The Morgan fingerprint density at radius 1 is 1.15 bits per heavy atom. The Bertz CT molecular complexity index is 1190. The number of benzene rings is 1. The summed E-state index contributed by atoms with van der Waals surface area (Å²) in [7, 11) is 0. The molecule has 2 unspecified atom stereocenters. The molecule has 0 fully saturated rings. The smallest absolute Gasteiger partial charge is 0.326 e. The van der Waals surface area contributed by atoms with E-state index in [9.17, 15) is 19.5 Å². The number of carbonyl (C=O) groups is 3. The average molecular weight is 467 g/mol. The van der Waals surface area contributed by atoms with E-state index in [-0.39, 0.29) is 19.1 Å². The number of nitrogens with one attached hydrogen (secondary N) is 2. The van der Waals surface area contributed by atoms with Crippen molar-refractivity contribution in [2.45, 2.75) is 40.2 Å². The summed E-state index contributed by atoms with van der Waals surface area (Å²) in [6, 6.07) is 10.0. The highest BCUT2D eigenvalue weighted by atomic mass is 16.5. The summed E-state index contributed by atoms with van der Waals surface area (Å²) in [6.07, 6.45) is 2.29. The average Bonchev–Trinajstić information content (AvgIpc) is 3.18. The van der Waals surface area contributed by atoms with Crippen LogP contribution in [0.25, 0.3) is 16.9 Å². The Kier molecular flexibility index (Phi) is 7.88. The van der Waals surface area contributed by atoms with Gasteiger partial charge in [-0.25, -0.2) is 9.78 Å². The predicted molar refractivity (Wildman–Crippen MR) is 129 cm³/mol. The van der Waals surface area contributed by atoms with Crippen molar-refractivity contribution < 1.29 is 24.2 Å². The number of hydrogen-bond acceptors (Lipinski definition) is 6. The number of nitrogens with zero attached hydrogens (tertiary/aromatic N) is 2. The zero-order valence-electron chi connectivity index (χ0n) is 19.8. The van der Waals surface area contributed by atoms with Crippen LogP contribution >= 0.6 is 0 Å². The zero-order valence-corrected chi connectivity index (χ0v) is 19.8. The van der Waals surface area contributed by atoms with E-state index < -0.39 is 23.9 Å². The molecule has 0 saturated heterocycles. The molecule has 0 saturated carbocycles. The quantitative estimate of drug-likeness (QED) is 0.391. The lowest BCUT2D eigenvalue weighted by Gasteiger charge is -2.20. The zero-order chi connectivity index (χ0) is 24.8. The molecular formula is C25H30N4O5. The molecule has 3 N–H and O–H groups in total. The van der Waals surface area contributed by atoms with E-state index in [1.165, 1.54) is 0 Å². The topological polar surface area (TPSA) is 122 Å². The molecule has 0 aliphatic rings. The number of pyridine rings is 1. The van der Waals surface area contributed by atoms with E-state index in [1.807, 2.05) is 38.1 Å². The SMILES string of the molecule is CCOC(=O)CNc1c(-c2ccc(C)cc2)nc2cc(C(=O)NC(C(=O)O)C(C)CC)ccn12. The predicted octanol–water partition coefficient (Wildman–Crippen LogP) is 3.51. The summed E-state index contributed by atoms with van der Waals surface area (Å²) in [5.74, 6) is -1.59. The number of imidazole rings is 1. The Morgan fingerprint density at radius 3 is 2.47 bits per heavy atom. The molecule has 0 aliphatic carbocycles. The van der Waals surface area contributed by atoms with Crippen LogP contribution in [-0.4, -0.2) is 51.5 Å². The number of rotatable bonds is 10. The fourth-order valence-corrected chi connectivity index (χ4v) is 3.54. The fourth-order valence-electron chi connectivity index (χ4n) is 3.54. The van der Waals surface area contributed by atoms with Gasteiger partial charge < -0.3 is 20.5 Å². The number of carboxylic acid groups (broad SMARTS) is 1.